The van der Waals surface area contributed by atoms with Crippen molar-refractivity contribution in [2.75, 3.05) is 0 Å². The average Bonchev–Trinajstić information content (AvgIpc) is 3.86. The number of hydrogen-bond donors (Lipinski definition) is 0. The first-order chi connectivity index (χ1) is 27.8. The number of furan rings is 2. The van der Waals surface area contributed by atoms with Crippen LogP contribution >= 0.6 is 0 Å². The molecule has 0 bridgehead atoms. The molecule has 0 aliphatic heterocycles. The minimum absolute atomic E-state index is 0.565. The van der Waals surface area contributed by atoms with Crippen molar-refractivity contribution >= 4 is 43.9 Å². The van der Waals surface area contributed by atoms with Crippen molar-refractivity contribution in [1.82, 2.24) is 15.0 Å². The molecule has 0 atom stereocenters. The van der Waals surface area contributed by atoms with Crippen LogP contribution in [0.15, 0.2) is 197 Å². The highest BCUT2D eigenvalue weighted by atomic mass is 16.3. The zero-order chi connectivity index (χ0) is 37.0. The number of para-hydroxylation sites is 1. The molecule has 11 aromatic rings. The van der Waals surface area contributed by atoms with E-state index < -0.39 is 0 Å². The first-order valence-electron chi connectivity index (χ1n) is 18.7. The van der Waals surface area contributed by atoms with Crippen LogP contribution in [-0.4, -0.2) is 15.0 Å². The van der Waals surface area contributed by atoms with E-state index in [1.54, 1.807) is 0 Å². The predicted molar refractivity (Wildman–Crippen MR) is 227 cm³/mol. The molecule has 0 amide bonds. The maximum Gasteiger partial charge on any atom is 0.164 e. The van der Waals surface area contributed by atoms with Gasteiger partial charge in [0.25, 0.3) is 0 Å². The maximum absolute atomic E-state index is 7.24. The Bertz CT molecular complexity index is 3170. The molecule has 5 nitrogen and oxygen atoms in total. The molecule has 0 spiro atoms. The van der Waals surface area contributed by atoms with E-state index in [4.69, 9.17) is 23.8 Å². The molecular formula is C51H31N3O2. The van der Waals surface area contributed by atoms with Gasteiger partial charge in [-0.3, -0.25) is 0 Å². The van der Waals surface area contributed by atoms with E-state index in [1.807, 2.05) is 91.0 Å². The Morgan fingerprint density at radius 2 is 0.839 bits per heavy atom. The Balaban J connectivity index is 1.28. The molecule has 0 radical (unpaired) electrons. The fraction of sp³-hybridized carbons (Fsp3) is 0. The van der Waals surface area contributed by atoms with Crippen LogP contribution in [0.5, 0.6) is 0 Å². The Morgan fingerprint density at radius 1 is 0.286 bits per heavy atom. The van der Waals surface area contributed by atoms with Gasteiger partial charge in [0.1, 0.15) is 22.3 Å². The number of hydrogen-bond acceptors (Lipinski definition) is 5. The van der Waals surface area contributed by atoms with E-state index in [0.29, 0.717) is 17.5 Å². The first kappa shape index (κ1) is 31.9. The van der Waals surface area contributed by atoms with E-state index in [2.05, 4.69) is 97.1 Å². The summed E-state index contributed by atoms with van der Waals surface area (Å²) in [5, 5.41) is 4.01. The van der Waals surface area contributed by atoms with Crippen LogP contribution in [0, 0.1) is 0 Å². The van der Waals surface area contributed by atoms with Crippen molar-refractivity contribution in [2.24, 2.45) is 0 Å². The molecular weight excluding hydrogens is 687 g/mol. The molecule has 3 aromatic heterocycles. The van der Waals surface area contributed by atoms with Crippen molar-refractivity contribution in [3.05, 3.63) is 188 Å². The van der Waals surface area contributed by atoms with E-state index in [1.165, 1.54) is 0 Å². The fourth-order valence-corrected chi connectivity index (χ4v) is 7.94. The van der Waals surface area contributed by atoms with E-state index >= 15 is 0 Å². The molecule has 0 aliphatic rings. The Labute approximate surface area is 322 Å². The molecule has 0 unspecified atom stereocenters. The van der Waals surface area contributed by atoms with Gasteiger partial charge in [-0.1, -0.05) is 152 Å². The third kappa shape index (κ3) is 5.29. The second-order valence-corrected chi connectivity index (χ2v) is 13.9. The van der Waals surface area contributed by atoms with Gasteiger partial charge in [0.2, 0.25) is 0 Å². The lowest BCUT2D eigenvalue weighted by Gasteiger charge is -2.11. The van der Waals surface area contributed by atoms with Gasteiger partial charge in [0.15, 0.2) is 17.5 Å². The molecule has 0 saturated heterocycles. The smallest absolute Gasteiger partial charge is 0.164 e. The second kappa shape index (κ2) is 13.0. The number of rotatable bonds is 6. The fourth-order valence-electron chi connectivity index (χ4n) is 7.94. The summed E-state index contributed by atoms with van der Waals surface area (Å²) in [7, 11) is 0. The highest BCUT2D eigenvalue weighted by Gasteiger charge is 2.25. The molecule has 3 heterocycles. The van der Waals surface area contributed by atoms with Crippen LogP contribution in [0.1, 0.15) is 0 Å². The average molecular weight is 718 g/mol. The normalized spacial score (nSPS) is 11.6. The van der Waals surface area contributed by atoms with Crippen LogP contribution in [0.2, 0.25) is 0 Å². The van der Waals surface area contributed by atoms with Gasteiger partial charge in [-0.05, 0) is 58.7 Å². The van der Waals surface area contributed by atoms with Crippen LogP contribution < -0.4 is 0 Å². The van der Waals surface area contributed by atoms with Crippen LogP contribution in [0.25, 0.3) is 111 Å². The van der Waals surface area contributed by atoms with Gasteiger partial charge in [-0.25, -0.2) is 15.0 Å². The van der Waals surface area contributed by atoms with E-state index in [9.17, 15) is 0 Å². The van der Waals surface area contributed by atoms with Crippen molar-refractivity contribution in [3.8, 4) is 67.5 Å². The van der Waals surface area contributed by atoms with Crippen molar-refractivity contribution in [2.45, 2.75) is 0 Å². The van der Waals surface area contributed by atoms with Crippen molar-refractivity contribution in [3.63, 3.8) is 0 Å². The molecule has 0 saturated carbocycles. The van der Waals surface area contributed by atoms with Gasteiger partial charge in [0.05, 0.1) is 0 Å². The lowest BCUT2D eigenvalue weighted by Crippen LogP contribution is -2.00. The summed E-state index contributed by atoms with van der Waals surface area (Å²) in [5.74, 6) is 1.77. The number of fused-ring (bicyclic) bond motifs is 6. The number of aromatic nitrogens is 3. The van der Waals surface area contributed by atoms with Crippen LogP contribution in [0.3, 0.4) is 0 Å². The molecule has 56 heavy (non-hydrogen) atoms. The van der Waals surface area contributed by atoms with Gasteiger partial charge < -0.3 is 8.83 Å². The molecule has 0 aliphatic carbocycles. The van der Waals surface area contributed by atoms with Gasteiger partial charge >= 0.3 is 0 Å². The SMILES string of the molecule is c1ccc(-c2cc(-c3ccccc3)c3oc4c(-c5cccc6oc7ccccc7c56)ccc(-c5nc(-c6ccccc6)nc(-c6ccccc6)n5)c4c3c2)cc1. The number of nitrogens with zero attached hydrogens (tertiary/aromatic N) is 3. The summed E-state index contributed by atoms with van der Waals surface area (Å²) in [6, 6.07) is 64.4. The summed E-state index contributed by atoms with van der Waals surface area (Å²) < 4.78 is 13.6. The lowest BCUT2D eigenvalue weighted by atomic mass is 9.92. The predicted octanol–water partition coefficient (Wildman–Crippen LogP) is 13.7. The van der Waals surface area contributed by atoms with Crippen LogP contribution in [0.4, 0.5) is 0 Å². The summed E-state index contributed by atoms with van der Waals surface area (Å²) in [6.45, 7) is 0. The van der Waals surface area contributed by atoms with E-state index in [-0.39, 0.29) is 0 Å². The van der Waals surface area contributed by atoms with Gasteiger partial charge in [0, 0.05) is 49.4 Å². The standard InChI is InChI=1S/C51H31N3O2/c1-5-16-32(17-6-1)36-30-41(33-18-7-2-8-19-33)47-42(31-36)46-40(51-53-49(34-20-9-3-10-21-34)52-50(54-51)35-22-11-4-12-23-35)29-28-38(48(46)56-47)37-25-15-27-44-45(37)39-24-13-14-26-43(39)55-44/h1-31H. The zero-order valence-electron chi connectivity index (χ0n) is 30.1. The topological polar surface area (TPSA) is 65.0 Å². The molecule has 262 valence electrons. The van der Waals surface area contributed by atoms with Crippen molar-refractivity contribution in [1.29, 1.82) is 0 Å². The van der Waals surface area contributed by atoms with Crippen LogP contribution in [-0.2, 0) is 0 Å². The Hall–Kier alpha value is -7.63. The van der Waals surface area contributed by atoms with Gasteiger partial charge in [-0.2, -0.15) is 0 Å². The zero-order valence-corrected chi connectivity index (χ0v) is 30.1. The Kier molecular flexibility index (Phi) is 7.42. The molecule has 8 aromatic carbocycles. The minimum Gasteiger partial charge on any atom is -0.456 e. The molecule has 5 heteroatoms. The quantitative estimate of drug-likeness (QED) is 0.171. The van der Waals surface area contributed by atoms with E-state index in [0.717, 1.165) is 93.9 Å². The third-order valence-electron chi connectivity index (χ3n) is 10.5. The minimum atomic E-state index is 0.565. The van der Waals surface area contributed by atoms with Gasteiger partial charge in [-0.15, -0.1) is 0 Å². The van der Waals surface area contributed by atoms with Crippen molar-refractivity contribution < 1.29 is 8.83 Å². The third-order valence-corrected chi connectivity index (χ3v) is 10.5. The second-order valence-electron chi connectivity index (χ2n) is 13.9. The highest BCUT2D eigenvalue weighted by molar-refractivity contribution is 6.22. The monoisotopic (exact) mass is 717 g/mol. The number of benzene rings is 8. The molecule has 11 rings (SSSR count). The summed E-state index contributed by atoms with van der Waals surface area (Å²) in [5.41, 5.74) is 12.2. The lowest BCUT2D eigenvalue weighted by molar-refractivity contribution is 0.669. The summed E-state index contributed by atoms with van der Waals surface area (Å²) in [4.78, 5) is 15.4. The molecule has 0 N–H and O–H groups in total. The maximum atomic E-state index is 7.24. The first-order valence-corrected chi connectivity index (χ1v) is 18.7. The highest BCUT2D eigenvalue weighted by Crippen LogP contribution is 2.47. The molecule has 0 fully saturated rings. The summed E-state index contributed by atoms with van der Waals surface area (Å²) >= 11 is 0. The summed E-state index contributed by atoms with van der Waals surface area (Å²) in [6.07, 6.45) is 0. The largest absolute Gasteiger partial charge is 0.456 e. The Morgan fingerprint density at radius 3 is 1.52 bits per heavy atom.